The second-order valence-corrected chi connectivity index (χ2v) is 11.5. The van der Waals surface area contributed by atoms with Crippen molar-refractivity contribution in [2.45, 2.75) is 56.9 Å². The highest BCUT2D eigenvalue weighted by atomic mass is 32.2. The number of ether oxygens (including phenoxy) is 2. The number of aryl methyl sites for hydroxylation is 2. The Balaban J connectivity index is 1.23. The van der Waals surface area contributed by atoms with Crippen molar-refractivity contribution in [1.29, 1.82) is 0 Å². The maximum atomic E-state index is 13.4. The van der Waals surface area contributed by atoms with Crippen LogP contribution in [0.4, 0.5) is 0 Å². The number of para-hydroxylation sites is 1. The van der Waals surface area contributed by atoms with Gasteiger partial charge in [0.15, 0.2) is 11.5 Å². The number of hydrogen-bond donors (Lipinski definition) is 0. The van der Waals surface area contributed by atoms with Crippen LogP contribution in [0.2, 0.25) is 0 Å². The van der Waals surface area contributed by atoms with Crippen LogP contribution in [0.15, 0.2) is 41.3 Å². The summed E-state index contributed by atoms with van der Waals surface area (Å²) in [5, 5.41) is 0. The molecule has 2 aromatic rings. The molecule has 2 aliphatic heterocycles. The van der Waals surface area contributed by atoms with E-state index in [0.717, 1.165) is 36.3 Å². The third kappa shape index (κ3) is 4.91. The number of carbonyl (C=O) groups is 1. The highest BCUT2D eigenvalue weighted by molar-refractivity contribution is 7.89. The van der Waals surface area contributed by atoms with Crippen molar-refractivity contribution in [3.63, 3.8) is 0 Å². The predicted octanol–water partition coefficient (Wildman–Crippen LogP) is 3.79. The first-order valence-corrected chi connectivity index (χ1v) is 14.2. The van der Waals surface area contributed by atoms with Gasteiger partial charge in [-0.05, 0) is 74.8 Å². The molecule has 188 valence electrons. The fraction of sp³-hybridized carbons (Fsp3) is 0.519. The Kier molecular flexibility index (Phi) is 7.02. The summed E-state index contributed by atoms with van der Waals surface area (Å²) in [4.78, 5) is 15.6. The smallest absolute Gasteiger partial charge is 0.243 e. The highest BCUT2D eigenvalue weighted by Crippen LogP contribution is 2.35. The van der Waals surface area contributed by atoms with Gasteiger partial charge in [-0.2, -0.15) is 4.31 Å². The van der Waals surface area contributed by atoms with Crippen molar-refractivity contribution < 1.29 is 22.7 Å². The molecule has 0 aromatic heterocycles. The zero-order chi connectivity index (χ0) is 24.4. The third-order valence-corrected chi connectivity index (χ3v) is 9.36. The van der Waals surface area contributed by atoms with Crippen LogP contribution in [0, 0.1) is 5.92 Å². The fourth-order valence-corrected chi connectivity index (χ4v) is 6.95. The Morgan fingerprint density at radius 2 is 1.77 bits per heavy atom. The van der Waals surface area contributed by atoms with Gasteiger partial charge >= 0.3 is 0 Å². The highest BCUT2D eigenvalue weighted by Gasteiger charge is 2.34. The number of carbonyl (C=O) groups excluding carboxylic acids is 1. The molecule has 7 nitrogen and oxygen atoms in total. The Morgan fingerprint density at radius 3 is 2.54 bits per heavy atom. The zero-order valence-corrected chi connectivity index (χ0v) is 21.2. The summed E-state index contributed by atoms with van der Waals surface area (Å²) in [7, 11) is -3.55. The number of piperidine rings is 1. The molecule has 0 bridgehead atoms. The minimum Gasteiger partial charge on any atom is -0.486 e. The second kappa shape index (κ2) is 10.2. The minimum atomic E-state index is -3.55. The number of amides is 1. The summed E-state index contributed by atoms with van der Waals surface area (Å²) in [6.07, 6.45) is 5.33. The van der Waals surface area contributed by atoms with E-state index in [9.17, 15) is 13.2 Å². The van der Waals surface area contributed by atoms with Crippen molar-refractivity contribution in [2.75, 3.05) is 32.8 Å². The summed E-state index contributed by atoms with van der Waals surface area (Å²) in [5.74, 6) is 1.34. The number of nitrogens with zero attached hydrogens (tertiary/aromatic N) is 2. The molecule has 3 aliphatic rings. The molecule has 8 heteroatoms. The van der Waals surface area contributed by atoms with Crippen LogP contribution in [0.5, 0.6) is 11.5 Å². The average molecular weight is 499 g/mol. The molecule has 35 heavy (non-hydrogen) atoms. The Hall–Kier alpha value is -2.58. The molecular formula is C27H34N2O5S. The monoisotopic (exact) mass is 498 g/mol. The first-order chi connectivity index (χ1) is 17.0. The van der Waals surface area contributed by atoms with E-state index in [1.165, 1.54) is 17.5 Å². The SMILES string of the molecule is CCN(Cc1cccc2c1OCCO2)C(=O)C1CCN(S(=O)(=O)c2ccc3c(c2)CCCC3)CC1. The van der Waals surface area contributed by atoms with Crippen molar-refractivity contribution in [3.05, 3.63) is 53.1 Å². The molecule has 2 heterocycles. The van der Waals surface area contributed by atoms with E-state index in [1.54, 1.807) is 10.4 Å². The van der Waals surface area contributed by atoms with Crippen LogP contribution in [0.1, 0.15) is 49.3 Å². The molecule has 1 fully saturated rings. The summed E-state index contributed by atoms with van der Waals surface area (Å²) >= 11 is 0. The molecule has 5 rings (SSSR count). The van der Waals surface area contributed by atoms with Crippen molar-refractivity contribution in [2.24, 2.45) is 5.92 Å². The lowest BCUT2D eigenvalue weighted by Gasteiger charge is -2.34. The van der Waals surface area contributed by atoms with Gasteiger partial charge in [0.25, 0.3) is 0 Å². The predicted molar refractivity (Wildman–Crippen MR) is 133 cm³/mol. The largest absolute Gasteiger partial charge is 0.486 e. The van der Waals surface area contributed by atoms with Gasteiger partial charge in [-0.25, -0.2) is 8.42 Å². The van der Waals surface area contributed by atoms with Crippen LogP contribution in [-0.2, 0) is 34.2 Å². The second-order valence-electron chi connectivity index (χ2n) is 9.61. The number of fused-ring (bicyclic) bond motifs is 2. The minimum absolute atomic E-state index is 0.0765. The lowest BCUT2D eigenvalue weighted by molar-refractivity contribution is -0.137. The van der Waals surface area contributed by atoms with E-state index in [1.807, 2.05) is 42.2 Å². The molecule has 0 N–H and O–H groups in total. The normalized spacial score (nSPS) is 18.7. The summed E-state index contributed by atoms with van der Waals surface area (Å²) in [6.45, 7) is 4.77. The molecule has 0 atom stereocenters. The first-order valence-electron chi connectivity index (χ1n) is 12.8. The molecule has 1 amide bonds. The van der Waals surface area contributed by atoms with E-state index >= 15 is 0 Å². The van der Waals surface area contributed by atoms with Crippen LogP contribution in [0.3, 0.4) is 0 Å². The van der Waals surface area contributed by atoms with Crippen molar-refractivity contribution in [3.8, 4) is 11.5 Å². The van der Waals surface area contributed by atoms with Crippen LogP contribution >= 0.6 is 0 Å². The average Bonchev–Trinajstić information content (AvgIpc) is 2.91. The molecule has 2 aromatic carbocycles. The van der Waals surface area contributed by atoms with Gasteiger partial charge in [0.05, 0.1) is 4.90 Å². The fourth-order valence-electron chi connectivity index (χ4n) is 5.43. The Bertz CT molecular complexity index is 1190. The van der Waals surface area contributed by atoms with Crippen LogP contribution in [0.25, 0.3) is 0 Å². The zero-order valence-electron chi connectivity index (χ0n) is 20.4. The standard InChI is InChI=1S/C27H34N2O5S/c1-2-28(19-23-8-5-9-25-26(23)34-17-16-33-25)27(30)21-12-14-29(15-13-21)35(31,32)24-11-10-20-6-3-4-7-22(20)18-24/h5,8-11,18,21H,2-4,6-7,12-17,19H2,1H3. The number of rotatable bonds is 6. The summed E-state index contributed by atoms with van der Waals surface area (Å²) in [6, 6.07) is 11.4. The third-order valence-electron chi connectivity index (χ3n) is 7.46. The van der Waals surface area contributed by atoms with E-state index in [0.29, 0.717) is 57.1 Å². The van der Waals surface area contributed by atoms with Gasteiger partial charge < -0.3 is 14.4 Å². The lowest BCUT2D eigenvalue weighted by atomic mass is 9.92. The maximum absolute atomic E-state index is 13.4. The first kappa shape index (κ1) is 24.1. The van der Waals surface area contributed by atoms with E-state index < -0.39 is 10.0 Å². The quantitative estimate of drug-likeness (QED) is 0.606. The van der Waals surface area contributed by atoms with Gasteiger partial charge in [-0.3, -0.25) is 4.79 Å². The van der Waals surface area contributed by atoms with Crippen molar-refractivity contribution in [1.82, 2.24) is 9.21 Å². The lowest BCUT2D eigenvalue weighted by Crippen LogP contribution is -2.44. The summed E-state index contributed by atoms with van der Waals surface area (Å²) < 4.78 is 39.7. The van der Waals surface area contributed by atoms with E-state index in [4.69, 9.17) is 9.47 Å². The molecule has 1 aliphatic carbocycles. The molecule has 0 saturated carbocycles. The van der Waals surface area contributed by atoms with Crippen LogP contribution < -0.4 is 9.47 Å². The number of benzene rings is 2. The van der Waals surface area contributed by atoms with Gasteiger partial charge in [0, 0.05) is 37.7 Å². The molecular weight excluding hydrogens is 464 g/mol. The number of hydrogen-bond acceptors (Lipinski definition) is 5. The Labute approximate surface area is 208 Å². The molecule has 0 spiro atoms. The molecule has 1 saturated heterocycles. The maximum Gasteiger partial charge on any atom is 0.243 e. The van der Waals surface area contributed by atoms with Gasteiger partial charge in [-0.15, -0.1) is 0 Å². The molecule has 0 radical (unpaired) electrons. The topological polar surface area (TPSA) is 76.2 Å². The van der Waals surface area contributed by atoms with E-state index in [-0.39, 0.29) is 11.8 Å². The van der Waals surface area contributed by atoms with Gasteiger partial charge in [0.2, 0.25) is 15.9 Å². The van der Waals surface area contributed by atoms with Crippen LogP contribution in [-0.4, -0.2) is 56.4 Å². The van der Waals surface area contributed by atoms with Crippen molar-refractivity contribution >= 4 is 15.9 Å². The molecule has 0 unspecified atom stereocenters. The van der Waals surface area contributed by atoms with E-state index in [2.05, 4.69) is 0 Å². The van der Waals surface area contributed by atoms with Gasteiger partial charge in [0.1, 0.15) is 13.2 Å². The summed E-state index contributed by atoms with van der Waals surface area (Å²) in [5.41, 5.74) is 3.37. The number of sulfonamides is 1. The van der Waals surface area contributed by atoms with Gasteiger partial charge in [-0.1, -0.05) is 18.2 Å². The Morgan fingerprint density at radius 1 is 1.03 bits per heavy atom.